The van der Waals surface area contributed by atoms with Crippen LogP contribution < -0.4 is 15.4 Å². The van der Waals surface area contributed by atoms with E-state index in [1.54, 1.807) is 18.3 Å². The molecule has 1 aromatic carbocycles. The summed E-state index contributed by atoms with van der Waals surface area (Å²) < 4.78 is 18.4. The van der Waals surface area contributed by atoms with E-state index in [0.29, 0.717) is 17.9 Å². The number of rotatable bonds is 7. The Labute approximate surface area is 137 Å². The smallest absolute Gasteiger partial charge is 0.295 e. The van der Waals surface area contributed by atoms with Crippen molar-refractivity contribution < 1.29 is 14.1 Å². The number of ether oxygens (including phenoxy) is 1. The summed E-state index contributed by atoms with van der Waals surface area (Å²) in [5, 5.41) is 25.8. The molecule has 0 spiro atoms. The summed E-state index contributed by atoms with van der Waals surface area (Å²) in [6.45, 7) is 0.639. The Bertz CT molecular complexity index is 791. The van der Waals surface area contributed by atoms with E-state index in [1.807, 2.05) is 6.07 Å². The van der Waals surface area contributed by atoms with Crippen molar-refractivity contribution in [2.45, 2.75) is 0 Å². The molecular formula is C15H14FN5O3. The molecule has 0 aliphatic carbocycles. The Morgan fingerprint density at radius 1 is 1.42 bits per heavy atom. The number of nitriles is 1. The second-order valence-electron chi connectivity index (χ2n) is 4.63. The summed E-state index contributed by atoms with van der Waals surface area (Å²) in [6, 6.07) is 7.32. The van der Waals surface area contributed by atoms with Crippen molar-refractivity contribution in [3.63, 3.8) is 0 Å². The number of nitro benzene ring substituents is 1. The normalized spacial score (nSPS) is 9.88. The van der Waals surface area contributed by atoms with E-state index < -0.39 is 10.7 Å². The highest BCUT2D eigenvalue weighted by Crippen LogP contribution is 2.31. The highest BCUT2D eigenvalue weighted by molar-refractivity contribution is 5.64. The van der Waals surface area contributed by atoms with Crippen LogP contribution in [0.15, 0.2) is 30.5 Å². The van der Waals surface area contributed by atoms with Gasteiger partial charge in [0.2, 0.25) is 0 Å². The highest BCUT2D eigenvalue weighted by Gasteiger charge is 2.18. The van der Waals surface area contributed by atoms with Crippen molar-refractivity contribution in [2.24, 2.45) is 0 Å². The predicted octanol–water partition coefficient (Wildman–Crippen LogP) is 2.53. The molecule has 24 heavy (non-hydrogen) atoms. The molecule has 0 bridgehead atoms. The van der Waals surface area contributed by atoms with E-state index >= 15 is 0 Å². The van der Waals surface area contributed by atoms with E-state index in [2.05, 4.69) is 15.6 Å². The quantitative estimate of drug-likeness (QED) is 0.455. The number of anilines is 2. The van der Waals surface area contributed by atoms with E-state index in [9.17, 15) is 14.5 Å². The summed E-state index contributed by atoms with van der Waals surface area (Å²) in [5.41, 5.74) is 0.150. The van der Waals surface area contributed by atoms with Crippen LogP contribution in [0.25, 0.3) is 0 Å². The summed E-state index contributed by atoms with van der Waals surface area (Å²) in [6.07, 6.45) is 1.55. The Balaban J connectivity index is 2.04. The summed E-state index contributed by atoms with van der Waals surface area (Å²) in [4.78, 5) is 14.4. The molecule has 1 heterocycles. The fourth-order valence-corrected chi connectivity index (χ4v) is 2.01. The maximum absolute atomic E-state index is 13.6. The van der Waals surface area contributed by atoms with Crippen LogP contribution in [-0.2, 0) is 0 Å². The molecule has 0 unspecified atom stereocenters. The summed E-state index contributed by atoms with van der Waals surface area (Å²) >= 11 is 0. The minimum Gasteiger partial charge on any atom is -0.494 e. The molecule has 0 fully saturated rings. The number of benzene rings is 1. The monoisotopic (exact) mass is 331 g/mol. The average Bonchev–Trinajstić information content (AvgIpc) is 2.59. The Morgan fingerprint density at radius 2 is 2.17 bits per heavy atom. The number of hydrogen-bond donors (Lipinski definition) is 2. The van der Waals surface area contributed by atoms with E-state index in [0.717, 1.165) is 6.07 Å². The fourth-order valence-electron chi connectivity index (χ4n) is 2.01. The second-order valence-corrected chi connectivity index (χ2v) is 4.63. The van der Waals surface area contributed by atoms with Crippen molar-refractivity contribution in [3.05, 3.63) is 52.0 Å². The number of nitro groups is 1. The van der Waals surface area contributed by atoms with Gasteiger partial charge in [-0.3, -0.25) is 10.1 Å². The zero-order valence-electron chi connectivity index (χ0n) is 12.7. The van der Waals surface area contributed by atoms with Crippen molar-refractivity contribution >= 4 is 17.2 Å². The lowest BCUT2D eigenvalue weighted by Crippen LogP contribution is -2.15. The molecule has 124 valence electrons. The van der Waals surface area contributed by atoms with Crippen molar-refractivity contribution in [1.29, 1.82) is 5.26 Å². The number of aromatic nitrogens is 1. The fraction of sp³-hybridized carbons (Fsp3) is 0.200. The molecule has 0 amide bonds. The number of nitrogens with one attached hydrogen (secondary N) is 2. The molecule has 0 aliphatic rings. The molecule has 2 rings (SSSR count). The topological polar surface area (TPSA) is 113 Å². The third-order valence-corrected chi connectivity index (χ3v) is 3.13. The molecule has 0 radical (unpaired) electrons. The third kappa shape index (κ3) is 3.86. The zero-order chi connectivity index (χ0) is 17.5. The molecule has 9 heteroatoms. The first-order chi connectivity index (χ1) is 11.6. The first kappa shape index (κ1) is 17.0. The largest absolute Gasteiger partial charge is 0.494 e. The van der Waals surface area contributed by atoms with Gasteiger partial charge in [-0.1, -0.05) is 0 Å². The minimum absolute atomic E-state index is 0.0902. The Morgan fingerprint density at radius 3 is 2.83 bits per heavy atom. The number of methoxy groups -OCH3 is 1. The standard InChI is InChI=1S/C15H14FN5O3/c1-24-14-8-12(13(21(22)23)7-11(14)16)18-5-6-20-15-10(9-17)3-2-4-19-15/h2-4,7-8,18H,5-6H2,1H3,(H,19,20). The molecule has 0 saturated heterocycles. The van der Waals surface area contributed by atoms with E-state index in [1.165, 1.54) is 13.2 Å². The van der Waals surface area contributed by atoms with E-state index in [4.69, 9.17) is 10.00 Å². The van der Waals surface area contributed by atoms with Gasteiger partial charge in [0.15, 0.2) is 11.6 Å². The number of halogens is 1. The van der Waals surface area contributed by atoms with Crippen molar-refractivity contribution in [2.75, 3.05) is 30.8 Å². The molecule has 0 atom stereocenters. The summed E-state index contributed by atoms with van der Waals surface area (Å²) in [5.74, 6) is -0.472. The van der Waals surface area contributed by atoms with Gasteiger partial charge in [-0.15, -0.1) is 0 Å². The molecule has 2 aromatic rings. The molecule has 0 aliphatic heterocycles. The number of hydrogen-bond acceptors (Lipinski definition) is 7. The molecular weight excluding hydrogens is 317 g/mol. The van der Waals surface area contributed by atoms with Crippen LogP contribution in [0, 0.1) is 27.3 Å². The molecule has 0 saturated carbocycles. The molecule has 2 N–H and O–H groups in total. The SMILES string of the molecule is COc1cc(NCCNc2ncccc2C#N)c([N+](=O)[O-])cc1F. The van der Waals surface area contributed by atoms with Gasteiger partial charge in [-0.05, 0) is 12.1 Å². The van der Waals surface area contributed by atoms with Crippen LogP contribution in [0.2, 0.25) is 0 Å². The van der Waals surface area contributed by atoms with Crippen LogP contribution in [0.3, 0.4) is 0 Å². The van der Waals surface area contributed by atoms with Crippen LogP contribution in [0.4, 0.5) is 21.6 Å². The van der Waals surface area contributed by atoms with Gasteiger partial charge >= 0.3 is 0 Å². The minimum atomic E-state index is -0.806. The van der Waals surface area contributed by atoms with Crippen molar-refractivity contribution in [3.8, 4) is 11.8 Å². The molecule has 8 nitrogen and oxygen atoms in total. The average molecular weight is 331 g/mol. The predicted molar refractivity (Wildman–Crippen MR) is 85.5 cm³/mol. The lowest BCUT2D eigenvalue weighted by atomic mass is 10.2. The summed E-state index contributed by atoms with van der Waals surface area (Å²) in [7, 11) is 1.28. The van der Waals surface area contributed by atoms with Crippen LogP contribution in [0.5, 0.6) is 5.75 Å². The van der Waals surface area contributed by atoms with Gasteiger partial charge in [-0.25, -0.2) is 9.37 Å². The van der Waals surface area contributed by atoms with Crippen molar-refractivity contribution in [1.82, 2.24) is 4.98 Å². The highest BCUT2D eigenvalue weighted by atomic mass is 19.1. The Kier molecular flexibility index (Phi) is 5.46. The van der Waals surface area contributed by atoms with Crippen LogP contribution in [0.1, 0.15) is 5.56 Å². The first-order valence-electron chi connectivity index (χ1n) is 6.91. The van der Waals surface area contributed by atoms with Gasteiger partial charge in [0.25, 0.3) is 5.69 Å². The van der Waals surface area contributed by atoms with Crippen LogP contribution >= 0.6 is 0 Å². The van der Waals surface area contributed by atoms with E-state index in [-0.39, 0.29) is 23.7 Å². The maximum atomic E-state index is 13.6. The van der Waals surface area contributed by atoms with Gasteiger partial charge in [0.05, 0.1) is 23.7 Å². The number of pyridine rings is 1. The lowest BCUT2D eigenvalue weighted by molar-refractivity contribution is -0.384. The third-order valence-electron chi connectivity index (χ3n) is 3.13. The maximum Gasteiger partial charge on any atom is 0.295 e. The van der Waals surface area contributed by atoms with Gasteiger partial charge < -0.3 is 15.4 Å². The van der Waals surface area contributed by atoms with Crippen LogP contribution in [-0.4, -0.2) is 30.1 Å². The van der Waals surface area contributed by atoms with Gasteiger partial charge in [0.1, 0.15) is 17.6 Å². The van der Waals surface area contributed by atoms with Gasteiger partial charge in [-0.2, -0.15) is 5.26 Å². The second kappa shape index (κ2) is 7.73. The van der Waals surface area contributed by atoms with Gasteiger partial charge in [0, 0.05) is 25.4 Å². The number of nitrogens with zero attached hydrogens (tertiary/aromatic N) is 3. The first-order valence-corrected chi connectivity index (χ1v) is 6.91. The zero-order valence-corrected chi connectivity index (χ0v) is 12.7. The lowest BCUT2D eigenvalue weighted by Gasteiger charge is -2.11. The Hall–Kier alpha value is -3.41. The molecule has 1 aromatic heterocycles.